The molecule has 1 atom stereocenters. The molecule has 0 spiro atoms. The highest BCUT2D eigenvalue weighted by Gasteiger charge is 2.24. The summed E-state index contributed by atoms with van der Waals surface area (Å²) in [6, 6.07) is 6.91. The average Bonchev–Trinajstić information content (AvgIpc) is 3.26. The predicted molar refractivity (Wildman–Crippen MR) is 86.9 cm³/mol. The monoisotopic (exact) mass is 326 g/mol. The maximum absolute atomic E-state index is 12.2. The molecule has 0 aliphatic carbocycles. The molecule has 0 radical (unpaired) electrons. The van der Waals surface area contributed by atoms with Crippen LogP contribution in [0.25, 0.3) is 23.0 Å². The molecule has 7 nitrogen and oxygen atoms in total. The summed E-state index contributed by atoms with van der Waals surface area (Å²) >= 11 is 0. The zero-order valence-electron chi connectivity index (χ0n) is 13.5. The molecule has 3 aromatic heterocycles. The standard InChI is InChI=1S/C17H18N4O3/c1-3-13(17(22)23-4-2)21-10-6-8-14(21)16-19-15(20-24-16)12-7-5-9-18-11-12/h5-11,13H,3-4H2,1-2H3/t13-/m0/s1. The van der Waals surface area contributed by atoms with Crippen molar-refractivity contribution in [3.8, 4) is 23.0 Å². The van der Waals surface area contributed by atoms with Gasteiger partial charge in [-0.2, -0.15) is 4.98 Å². The van der Waals surface area contributed by atoms with Gasteiger partial charge in [0.1, 0.15) is 11.7 Å². The molecule has 0 amide bonds. The van der Waals surface area contributed by atoms with Crippen LogP contribution in [0.5, 0.6) is 0 Å². The van der Waals surface area contributed by atoms with Crippen molar-refractivity contribution >= 4 is 5.97 Å². The number of hydrogen-bond acceptors (Lipinski definition) is 6. The first-order valence-corrected chi connectivity index (χ1v) is 7.82. The number of hydrogen-bond donors (Lipinski definition) is 0. The Balaban J connectivity index is 1.93. The van der Waals surface area contributed by atoms with Crippen LogP contribution in [0.1, 0.15) is 26.3 Å². The van der Waals surface area contributed by atoms with E-state index in [1.165, 1.54) is 0 Å². The molecule has 3 rings (SSSR count). The highest BCUT2D eigenvalue weighted by atomic mass is 16.5. The molecule has 3 heterocycles. The molecule has 7 heteroatoms. The van der Waals surface area contributed by atoms with Gasteiger partial charge in [-0.3, -0.25) is 4.98 Å². The van der Waals surface area contributed by atoms with Crippen molar-refractivity contribution in [1.29, 1.82) is 0 Å². The second kappa shape index (κ2) is 7.08. The van der Waals surface area contributed by atoms with Crippen LogP contribution in [0.2, 0.25) is 0 Å². The van der Waals surface area contributed by atoms with Gasteiger partial charge in [0.25, 0.3) is 5.89 Å². The van der Waals surface area contributed by atoms with E-state index < -0.39 is 6.04 Å². The van der Waals surface area contributed by atoms with Gasteiger partial charge in [0.15, 0.2) is 0 Å². The number of aromatic nitrogens is 4. The third-order valence-corrected chi connectivity index (χ3v) is 3.62. The molecule has 0 fully saturated rings. The van der Waals surface area contributed by atoms with Gasteiger partial charge in [-0.15, -0.1) is 0 Å². The minimum absolute atomic E-state index is 0.274. The van der Waals surface area contributed by atoms with E-state index in [0.717, 1.165) is 5.56 Å². The van der Waals surface area contributed by atoms with Crippen molar-refractivity contribution in [3.05, 3.63) is 42.9 Å². The third kappa shape index (κ3) is 3.05. The van der Waals surface area contributed by atoms with Gasteiger partial charge in [-0.05, 0) is 37.6 Å². The molecular weight excluding hydrogens is 308 g/mol. The SMILES string of the molecule is CCOC(=O)[C@H](CC)n1cccc1-c1nc(-c2cccnc2)no1. The topological polar surface area (TPSA) is 83.0 Å². The summed E-state index contributed by atoms with van der Waals surface area (Å²) in [5, 5.41) is 3.99. The van der Waals surface area contributed by atoms with Gasteiger partial charge in [-0.1, -0.05) is 12.1 Å². The second-order valence-corrected chi connectivity index (χ2v) is 5.14. The molecule has 0 aromatic carbocycles. The van der Waals surface area contributed by atoms with Crippen LogP contribution >= 0.6 is 0 Å². The maximum Gasteiger partial charge on any atom is 0.329 e. The van der Waals surface area contributed by atoms with Crippen LogP contribution in [0.3, 0.4) is 0 Å². The predicted octanol–water partition coefficient (Wildman–Crippen LogP) is 3.11. The van der Waals surface area contributed by atoms with Crippen molar-refractivity contribution in [2.75, 3.05) is 6.61 Å². The molecular formula is C17H18N4O3. The molecule has 3 aromatic rings. The zero-order valence-corrected chi connectivity index (χ0v) is 13.5. The van der Waals surface area contributed by atoms with Crippen molar-refractivity contribution < 1.29 is 14.1 Å². The Hall–Kier alpha value is -2.96. The van der Waals surface area contributed by atoms with Crippen molar-refractivity contribution in [2.24, 2.45) is 0 Å². The molecule has 0 unspecified atom stereocenters. The fourth-order valence-corrected chi connectivity index (χ4v) is 2.50. The van der Waals surface area contributed by atoms with Crippen LogP contribution in [0.15, 0.2) is 47.4 Å². The molecule has 24 heavy (non-hydrogen) atoms. The lowest BCUT2D eigenvalue weighted by molar-refractivity contribution is -0.147. The fourth-order valence-electron chi connectivity index (χ4n) is 2.50. The number of carbonyl (C=O) groups is 1. The summed E-state index contributed by atoms with van der Waals surface area (Å²) < 4.78 is 12.3. The first-order chi connectivity index (χ1) is 11.7. The summed E-state index contributed by atoms with van der Waals surface area (Å²) in [6.07, 6.45) is 5.76. The quantitative estimate of drug-likeness (QED) is 0.647. The number of esters is 1. The normalized spacial score (nSPS) is 12.1. The van der Waals surface area contributed by atoms with E-state index in [-0.39, 0.29) is 5.97 Å². The van der Waals surface area contributed by atoms with Crippen molar-refractivity contribution in [3.63, 3.8) is 0 Å². The Bertz CT molecular complexity index is 810. The summed E-state index contributed by atoms with van der Waals surface area (Å²) in [7, 11) is 0. The lowest BCUT2D eigenvalue weighted by Crippen LogP contribution is -2.21. The molecule has 0 saturated heterocycles. The summed E-state index contributed by atoms with van der Waals surface area (Å²) in [4.78, 5) is 20.6. The minimum Gasteiger partial charge on any atom is -0.464 e. The molecule has 0 aliphatic rings. The largest absolute Gasteiger partial charge is 0.464 e. The molecule has 0 aliphatic heterocycles. The first-order valence-electron chi connectivity index (χ1n) is 7.82. The van der Waals surface area contributed by atoms with Gasteiger partial charge in [0, 0.05) is 24.2 Å². The highest BCUT2D eigenvalue weighted by Crippen LogP contribution is 2.26. The van der Waals surface area contributed by atoms with E-state index >= 15 is 0 Å². The van der Waals surface area contributed by atoms with Crippen molar-refractivity contribution in [2.45, 2.75) is 26.3 Å². The lowest BCUT2D eigenvalue weighted by Gasteiger charge is -2.17. The number of pyridine rings is 1. The molecule has 0 bridgehead atoms. The summed E-state index contributed by atoms with van der Waals surface area (Å²) in [5.41, 5.74) is 1.44. The molecule has 0 saturated carbocycles. The fraction of sp³-hybridized carbons (Fsp3) is 0.294. The van der Waals surface area contributed by atoms with Crippen LogP contribution in [-0.4, -0.2) is 32.3 Å². The third-order valence-electron chi connectivity index (χ3n) is 3.62. The Kier molecular flexibility index (Phi) is 4.69. The molecule has 0 N–H and O–H groups in total. The van der Waals surface area contributed by atoms with Crippen molar-refractivity contribution in [1.82, 2.24) is 19.7 Å². The zero-order chi connectivity index (χ0) is 16.9. The van der Waals surface area contributed by atoms with E-state index in [2.05, 4.69) is 15.1 Å². The van der Waals surface area contributed by atoms with E-state index in [4.69, 9.17) is 9.26 Å². The Morgan fingerprint density at radius 3 is 2.92 bits per heavy atom. The van der Waals surface area contributed by atoms with E-state index in [1.54, 1.807) is 23.9 Å². The Morgan fingerprint density at radius 1 is 1.33 bits per heavy atom. The van der Waals surface area contributed by atoms with Gasteiger partial charge in [-0.25, -0.2) is 4.79 Å². The Labute approximate surface area is 139 Å². The van der Waals surface area contributed by atoms with E-state index in [0.29, 0.717) is 30.4 Å². The Morgan fingerprint density at radius 2 is 2.21 bits per heavy atom. The van der Waals surface area contributed by atoms with E-state index in [1.807, 2.05) is 37.4 Å². The van der Waals surface area contributed by atoms with Gasteiger partial charge < -0.3 is 13.8 Å². The van der Waals surface area contributed by atoms with Gasteiger partial charge >= 0.3 is 5.97 Å². The van der Waals surface area contributed by atoms with Gasteiger partial charge in [0.2, 0.25) is 5.82 Å². The number of carbonyl (C=O) groups excluding carboxylic acids is 1. The minimum atomic E-state index is -0.427. The smallest absolute Gasteiger partial charge is 0.329 e. The lowest BCUT2D eigenvalue weighted by atomic mass is 10.2. The van der Waals surface area contributed by atoms with Gasteiger partial charge in [0.05, 0.1) is 6.61 Å². The summed E-state index contributed by atoms with van der Waals surface area (Å²) in [5.74, 6) is 0.529. The van der Waals surface area contributed by atoms with E-state index in [9.17, 15) is 4.79 Å². The average molecular weight is 326 g/mol. The highest BCUT2D eigenvalue weighted by molar-refractivity contribution is 5.75. The number of rotatable bonds is 6. The molecule has 124 valence electrons. The summed E-state index contributed by atoms with van der Waals surface area (Å²) in [6.45, 7) is 4.07. The van der Waals surface area contributed by atoms with Crippen LogP contribution in [0, 0.1) is 0 Å². The number of ether oxygens (including phenoxy) is 1. The van der Waals surface area contributed by atoms with Crippen LogP contribution < -0.4 is 0 Å². The number of nitrogens with zero attached hydrogens (tertiary/aromatic N) is 4. The maximum atomic E-state index is 12.2. The van der Waals surface area contributed by atoms with Crippen LogP contribution in [0.4, 0.5) is 0 Å². The van der Waals surface area contributed by atoms with Crippen LogP contribution in [-0.2, 0) is 9.53 Å². The first kappa shape index (κ1) is 15.9. The second-order valence-electron chi connectivity index (χ2n) is 5.14.